The van der Waals surface area contributed by atoms with E-state index in [1.54, 1.807) is 60.7 Å². The Hall–Kier alpha value is -2.43. The summed E-state index contributed by atoms with van der Waals surface area (Å²) in [6.07, 6.45) is 1.66. The van der Waals surface area contributed by atoms with Crippen LogP contribution in [0, 0.1) is 0 Å². The summed E-state index contributed by atoms with van der Waals surface area (Å²) in [5, 5.41) is 4.97. The van der Waals surface area contributed by atoms with Gasteiger partial charge in [-0.15, -0.1) is 11.3 Å². The van der Waals surface area contributed by atoms with Crippen molar-refractivity contribution in [3.05, 3.63) is 80.3 Å². The number of carbonyl (C=O) groups is 2. The number of nitrogens with two attached hydrogens (primary N) is 1. The Kier molecular flexibility index (Phi) is 6.05. The average Bonchev–Trinajstić information content (AvgIpc) is 3.26. The standard InChI is InChI=1S/C21H15ClN2O4S3/c22-19-10-9-15(29-19)11-17-20(25)24(21(26)30-17)12-13-5-7-14(8-6-13)16-3-1-2-4-18(16)31(23,27)28/h1-11H,12H2,(H2,23,27,28)/b17-11-. The minimum absolute atomic E-state index is 0.0347. The normalized spacial score (nSPS) is 15.8. The topological polar surface area (TPSA) is 97.5 Å². The maximum Gasteiger partial charge on any atom is 0.293 e. The lowest BCUT2D eigenvalue weighted by atomic mass is 10.0. The smallest absolute Gasteiger partial charge is 0.268 e. The van der Waals surface area contributed by atoms with Crippen LogP contribution in [-0.2, 0) is 21.4 Å². The van der Waals surface area contributed by atoms with Gasteiger partial charge in [0.25, 0.3) is 11.1 Å². The summed E-state index contributed by atoms with van der Waals surface area (Å²) in [7, 11) is -3.87. The summed E-state index contributed by atoms with van der Waals surface area (Å²) in [5.74, 6) is -0.358. The molecule has 2 heterocycles. The molecule has 0 aliphatic carbocycles. The Morgan fingerprint density at radius 3 is 2.35 bits per heavy atom. The molecule has 1 saturated heterocycles. The molecule has 1 aliphatic heterocycles. The number of hydrogen-bond acceptors (Lipinski definition) is 6. The minimum atomic E-state index is -3.87. The lowest BCUT2D eigenvalue weighted by Gasteiger charge is -2.13. The fourth-order valence-electron chi connectivity index (χ4n) is 3.10. The highest BCUT2D eigenvalue weighted by Gasteiger charge is 2.35. The molecule has 3 aromatic rings. The first-order chi connectivity index (χ1) is 14.7. The van der Waals surface area contributed by atoms with Gasteiger partial charge in [-0.05, 0) is 47.2 Å². The van der Waals surface area contributed by atoms with Crippen LogP contribution in [0.5, 0.6) is 0 Å². The lowest BCUT2D eigenvalue weighted by Crippen LogP contribution is -2.27. The van der Waals surface area contributed by atoms with Crippen molar-refractivity contribution in [2.75, 3.05) is 0 Å². The molecule has 31 heavy (non-hydrogen) atoms. The predicted molar refractivity (Wildman–Crippen MR) is 124 cm³/mol. The molecule has 10 heteroatoms. The van der Waals surface area contributed by atoms with Crippen molar-refractivity contribution in [1.82, 2.24) is 4.90 Å². The predicted octanol–water partition coefficient (Wildman–Crippen LogP) is 4.95. The molecule has 0 bridgehead atoms. The first-order valence-corrected chi connectivity index (χ1v) is 12.5. The molecule has 0 unspecified atom stereocenters. The third-order valence-electron chi connectivity index (χ3n) is 4.54. The first-order valence-electron chi connectivity index (χ1n) is 8.94. The lowest BCUT2D eigenvalue weighted by molar-refractivity contribution is -0.123. The summed E-state index contributed by atoms with van der Waals surface area (Å²) >= 11 is 8.14. The third-order valence-corrected chi connectivity index (χ3v) is 7.59. The van der Waals surface area contributed by atoms with E-state index in [1.807, 2.05) is 0 Å². The Labute approximate surface area is 192 Å². The van der Waals surface area contributed by atoms with Crippen LogP contribution in [-0.4, -0.2) is 24.5 Å². The quantitative estimate of drug-likeness (QED) is 0.510. The van der Waals surface area contributed by atoms with Gasteiger partial charge in [-0.3, -0.25) is 14.5 Å². The maximum atomic E-state index is 12.7. The van der Waals surface area contributed by atoms with Crippen LogP contribution in [0.2, 0.25) is 4.34 Å². The molecule has 4 rings (SSSR count). The van der Waals surface area contributed by atoms with Crippen molar-refractivity contribution >= 4 is 61.9 Å². The van der Waals surface area contributed by atoms with Gasteiger partial charge in [0, 0.05) is 10.4 Å². The second-order valence-corrected chi connectivity index (χ2v) is 10.9. The van der Waals surface area contributed by atoms with Crippen LogP contribution in [0.25, 0.3) is 17.2 Å². The van der Waals surface area contributed by atoms with Gasteiger partial charge >= 0.3 is 0 Å². The van der Waals surface area contributed by atoms with Crippen LogP contribution in [0.15, 0.2) is 70.5 Å². The van der Waals surface area contributed by atoms with Crippen molar-refractivity contribution in [2.45, 2.75) is 11.4 Å². The molecule has 0 radical (unpaired) electrons. The van der Waals surface area contributed by atoms with Gasteiger partial charge in [0.05, 0.1) is 20.7 Å². The van der Waals surface area contributed by atoms with E-state index in [1.165, 1.54) is 22.3 Å². The molecule has 2 N–H and O–H groups in total. The van der Waals surface area contributed by atoms with Crippen molar-refractivity contribution < 1.29 is 18.0 Å². The fraction of sp³-hybridized carbons (Fsp3) is 0.0476. The molecule has 158 valence electrons. The van der Waals surface area contributed by atoms with E-state index < -0.39 is 10.0 Å². The van der Waals surface area contributed by atoms with Gasteiger partial charge < -0.3 is 0 Å². The monoisotopic (exact) mass is 490 g/mol. The van der Waals surface area contributed by atoms with E-state index in [-0.39, 0.29) is 22.6 Å². The number of hydrogen-bond donors (Lipinski definition) is 1. The molecule has 0 saturated carbocycles. The van der Waals surface area contributed by atoms with Crippen LogP contribution in [0.3, 0.4) is 0 Å². The molecule has 0 atom stereocenters. The van der Waals surface area contributed by atoms with Crippen molar-refractivity contribution in [2.24, 2.45) is 5.14 Å². The molecule has 0 spiro atoms. The number of primary sulfonamides is 1. The number of carbonyl (C=O) groups excluding carboxylic acids is 2. The summed E-state index contributed by atoms with van der Waals surface area (Å²) in [5.41, 5.74) is 1.89. The Bertz CT molecular complexity index is 1310. The van der Waals surface area contributed by atoms with Gasteiger partial charge in [-0.25, -0.2) is 13.6 Å². The number of rotatable bonds is 5. The molecule has 2 aromatic carbocycles. The van der Waals surface area contributed by atoms with Gasteiger partial charge in [-0.1, -0.05) is 54.1 Å². The molecule has 2 amide bonds. The van der Waals surface area contributed by atoms with E-state index in [0.717, 1.165) is 22.2 Å². The second-order valence-electron chi connectivity index (χ2n) is 6.65. The largest absolute Gasteiger partial charge is 0.293 e. The summed E-state index contributed by atoms with van der Waals surface area (Å²) in [6, 6.07) is 17.0. The Balaban J connectivity index is 1.54. The Morgan fingerprint density at radius 2 is 1.71 bits per heavy atom. The third kappa shape index (κ3) is 4.76. The number of halogens is 1. The zero-order chi connectivity index (χ0) is 22.2. The zero-order valence-corrected chi connectivity index (χ0v) is 19.0. The summed E-state index contributed by atoms with van der Waals surface area (Å²) < 4.78 is 24.3. The molecule has 1 fully saturated rings. The van der Waals surface area contributed by atoms with Gasteiger partial charge in [0.1, 0.15) is 0 Å². The Morgan fingerprint density at radius 1 is 1.00 bits per heavy atom. The van der Waals surface area contributed by atoms with Crippen molar-refractivity contribution in [3.8, 4) is 11.1 Å². The molecule has 1 aromatic heterocycles. The number of amides is 2. The van der Waals surface area contributed by atoms with E-state index in [9.17, 15) is 18.0 Å². The number of benzene rings is 2. The average molecular weight is 491 g/mol. The second kappa shape index (κ2) is 8.60. The van der Waals surface area contributed by atoms with Crippen LogP contribution in [0.1, 0.15) is 10.4 Å². The van der Waals surface area contributed by atoms with Crippen LogP contribution in [0.4, 0.5) is 4.79 Å². The zero-order valence-electron chi connectivity index (χ0n) is 15.8. The van der Waals surface area contributed by atoms with E-state index in [4.69, 9.17) is 16.7 Å². The fourth-order valence-corrected chi connectivity index (χ4v) is 5.77. The molecule has 1 aliphatic rings. The van der Waals surface area contributed by atoms with Gasteiger partial charge in [0.2, 0.25) is 10.0 Å². The van der Waals surface area contributed by atoms with E-state index in [2.05, 4.69) is 0 Å². The van der Waals surface area contributed by atoms with Crippen molar-refractivity contribution in [3.63, 3.8) is 0 Å². The van der Waals surface area contributed by atoms with Crippen LogP contribution < -0.4 is 5.14 Å². The first kappa shape index (κ1) is 21.8. The highest BCUT2D eigenvalue weighted by molar-refractivity contribution is 8.18. The number of sulfonamides is 1. The number of nitrogens with zero attached hydrogens (tertiary/aromatic N) is 1. The highest BCUT2D eigenvalue weighted by Crippen LogP contribution is 2.35. The number of thiophene rings is 1. The number of thioether (sulfide) groups is 1. The minimum Gasteiger partial charge on any atom is -0.268 e. The van der Waals surface area contributed by atoms with E-state index in [0.29, 0.717) is 20.4 Å². The molecule has 6 nitrogen and oxygen atoms in total. The summed E-state index contributed by atoms with van der Waals surface area (Å²) in [6.45, 7) is 0.115. The summed E-state index contributed by atoms with van der Waals surface area (Å²) in [4.78, 5) is 27.4. The van der Waals surface area contributed by atoms with Crippen molar-refractivity contribution in [1.29, 1.82) is 0 Å². The molecular formula is C21H15ClN2O4S3. The highest BCUT2D eigenvalue weighted by atomic mass is 35.5. The van der Waals surface area contributed by atoms with Crippen LogP contribution >= 0.6 is 34.7 Å². The van der Waals surface area contributed by atoms with E-state index >= 15 is 0 Å². The van der Waals surface area contributed by atoms with Gasteiger partial charge in [-0.2, -0.15) is 0 Å². The van der Waals surface area contributed by atoms with Gasteiger partial charge in [0.15, 0.2) is 0 Å². The SMILES string of the molecule is NS(=O)(=O)c1ccccc1-c1ccc(CN2C(=O)S/C(=C\c3ccc(Cl)s3)C2=O)cc1. The molecular weight excluding hydrogens is 476 g/mol. The maximum absolute atomic E-state index is 12.7. The number of imide groups is 1.